The average molecular weight is 536 g/mol. The molecule has 2 aromatic rings. The summed E-state index contributed by atoms with van der Waals surface area (Å²) in [4.78, 5) is 0. The van der Waals surface area contributed by atoms with E-state index in [9.17, 15) is 26.3 Å². The fraction of sp³-hybridized carbons (Fsp3) is 0.333. The summed E-state index contributed by atoms with van der Waals surface area (Å²) in [5.74, 6) is 0. The molecule has 0 nitrogen and oxygen atoms in total. The number of rotatable bonds is 4. The van der Waals surface area contributed by atoms with E-state index in [1.807, 2.05) is 0 Å². The zero-order valence-corrected chi connectivity index (χ0v) is 18.0. The van der Waals surface area contributed by atoms with Crippen LogP contribution in [0.15, 0.2) is 45.3 Å². The zero-order valence-electron chi connectivity index (χ0n) is 14.1. The number of hydrogen-bond donors (Lipinski definition) is 0. The maximum atomic E-state index is 13.7. The number of halogens is 8. The first-order chi connectivity index (χ1) is 12.3. The molecule has 2 unspecified atom stereocenters. The van der Waals surface area contributed by atoms with Gasteiger partial charge in [-0.1, -0.05) is 44.0 Å². The van der Waals surface area contributed by atoms with E-state index in [1.54, 1.807) is 12.1 Å². The highest BCUT2D eigenvalue weighted by atomic mass is 79.9. The molecule has 0 saturated heterocycles. The van der Waals surface area contributed by atoms with E-state index in [0.717, 1.165) is 0 Å². The van der Waals surface area contributed by atoms with E-state index in [-0.39, 0.29) is 34.0 Å². The standard InChI is InChI=1S/C18H14Br2F6S/c1-9-3-5-11(19)7-13(9)15(17(21,22)23)27-16(18(24,25)26)14-8-12(20)6-4-10(14)2/h3-8,15-16H,1-2H3. The van der Waals surface area contributed by atoms with Crippen LogP contribution < -0.4 is 0 Å². The molecule has 9 heteroatoms. The Labute approximate surface area is 174 Å². The fourth-order valence-electron chi connectivity index (χ4n) is 2.58. The van der Waals surface area contributed by atoms with Gasteiger partial charge in [-0.3, -0.25) is 0 Å². The highest BCUT2D eigenvalue weighted by Crippen LogP contribution is 2.55. The van der Waals surface area contributed by atoms with Crippen molar-refractivity contribution in [2.24, 2.45) is 0 Å². The highest BCUT2D eigenvalue weighted by molar-refractivity contribution is 9.10. The second-order valence-corrected chi connectivity index (χ2v) is 9.03. The Morgan fingerprint density at radius 1 is 0.704 bits per heavy atom. The van der Waals surface area contributed by atoms with Gasteiger partial charge >= 0.3 is 12.4 Å². The molecule has 0 spiro atoms. The van der Waals surface area contributed by atoms with Crippen LogP contribution in [-0.2, 0) is 0 Å². The third kappa shape index (κ3) is 5.67. The topological polar surface area (TPSA) is 0 Å². The largest absolute Gasteiger partial charge is 0.404 e. The van der Waals surface area contributed by atoms with Gasteiger partial charge < -0.3 is 0 Å². The molecule has 148 valence electrons. The van der Waals surface area contributed by atoms with Gasteiger partial charge in [0, 0.05) is 8.95 Å². The van der Waals surface area contributed by atoms with Crippen LogP contribution in [0.4, 0.5) is 26.3 Å². The highest BCUT2D eigenvalue weighted by Gasteiger charge is 2.50. The van der Waals surface area contributed by atoms with Crippen LogP contribution in [0.2, 0.25) is 0 Å². The monoisotopic (exact) mass is 534 g/mol. The van der Waals surface area contributed by atoms with E-state index < -0.39 is 22.9 Å². The molecule has 2 atom stereocenters. The second kappa shape index (κ2) is 8.37. The van der Waals surface area contributed by atoms with Crippen molar-refractivity contribution in [1.82, 2.24) is 0 Å². The maximum absolute atomic E-state index is 13.7. The molecule has 0 fully saturated rings. The molecule has 2 aromatic carbocycles. The van der Waals surface area contributed by atoms with Crippen LogP contribution in [0.1, 0.15) is 32.8 Å². The van der Waals surface area contributed by atoms with E-state index in [4.69, 9.17) is 0 Å². The third-order valence-corrected chi connectivity index (χ3v) is 6.49. The van der Waals surface area contributed by atoms with Gasteiger partial charge in [0.1, 0.15) is 10.5 Å². The molecule has 0 saturated carbocycles. The van der Waals surface area contributed by atoms with Crippen LogP contribution in [0.25, 0.3) is 0 Å². The second-order valence-electron chi connectivity index (χ2n) is 5.98. The lowest BCUT2D eigenvalue weighted by atomic mass is 10.0. The summed E-state index contributed by atoms with van der Waals surface area (Å²) >= 11 is 6.06. The Morgan fingerprint density at radius 3 is 1.33 bits per heavy atom. The Hall–Kier alpha value is -0.670. The SMILES string of the molecule is Cc1ccc(Br)cc1C(SC(c1cc(Br)ccc1C)C(F)(F)F)C(F)(F)F. The van der Waals surface area contributed by atoms with Crippen LogP contribution in [0, 0.1) is 13.8 Å². The van der Waals surface area contributed by atoms with Crippen molar-refractivity contribution >= 4 is 43.6 Å². The Balaban J connectivity index is 2.58. The number of benzene rings is 2. The fourth-order valence-corrected chi connectivity index (χ4v) is 4.72. The molecule has 0 N–H and O–H groups in total. The summed E-state index contributed by atoms with van der Waals surface area (Å²) in [6, 6.07) is 8.45. The minimum Gasteiger partial charge on any atom is -0.169 e. The van der Waals surface area contributed by atoms with Crippen molar-refractivity contribution < 1.29 is 26.3 Å². The number of hydrogen-bond acceptors (Lipinski definition) is 1. The van der Waals surface area contributed by atoms with E-state index in [1.165, 1.54) is 38.1 Å². The molecule has 0 bridgehead atoms. The average Bonchev–Trinajstić information content (AvgIpc) is 2.51. The predicted octanol–water partition coefficient (Wildman–Crippen LogP) is 8.47. The molecule has 0 radical (unpaired) electrons. The predicted molar refractivity (Wildman–Crippen MR) is 103 cm³/mol. The third-order valence-electron chi connectivity index (χ3n) is 3.91. The van der Waals surface area contributed by atoms with Crippen LogP contribution in [-0.4, -0.2) is 12.4 Å². The van der Waals surface area contributed by atoms with Crippen molar-refractivity contribution in [2.45, 2.75) is 36.7 Å². The molecule has 2 rings (SSSR count). The van der Waals surface area contributed by atoms with E-state index in [0.29, 0.717) is 8.95 Å². The van der Waals surface area contributed by atoms with Crippen molar-refractivity contribution in [3.8, 4) is 0 Å². The molecule has 0 aliphatic heterocycles. The smallest absolute Gasteiger partial charge is 0.169 e. The lowest BCUT2D eigenvalue weighted by Crippen LogP contribution is -2.25. The normalized spacial score (nSPS) is 14.9. The molecule has 0 aromatic heterocycles. The summed E-state index contributed by atoms with van der Waals surface area (Å²) in [6.07, 6.45) is -9.70. The van der Waals surface area contributed by atoms with E-state index in [2.05, 4.69) is 31.9 Å². The Morgan fingerprint density at radius 2 is 1.04 bits per heavy atom. The number of alkyl halides is 6. The van der Waals surface area contributed by atoms with Gasteiger partial charge in [0.15, 0.2) is 0 Å². The van der Waals surface area contributed by atoms with Gasteiger partial charge in [0.05, 0.1) is 0 Å². The molecular formula is C18H14Br2F6S. The van der Waals surface area contributed by atoms with Crippen molar-refractivity contribution in [2.75, 3.05) is 0 Å². The van der Waals surface area contributed by atoms with E-state index >= 15 is 0 Å². The van der Waals surface area contributed by atoms with Crippen molar-refractivity contribution in [3.63, 3.8) is 0 Å². The van der Waals surface area contributed by atoms with Gasteiger partial charge in [-0.15, -0.1) is 11.8 Å². The molecular weight excluding hydrogens is 522 g/mol. The minimum atomic E-state index is -4.85. The first-order valence-corrected chi connectivity index (χ1v) is 10.1. The van der Waals surface area contributed by atoms with Gasteiger partial charge in [0.2, 0.25) is 0 Å². The minimum absolute atomic E-state index is 0.136. The number of aryl methyl sites for hydroxylation is 2. The Bertz CT molecular complexity index is 749. The van der Waals surface area contributed by atoms with Crippen LogP contribution in [0.3, 0.4) is 0 Å². The van der Waals surface area contributed by atoms with Gasteiger partial charge in [-0.05, 0) is 60.4 Å². The van der Waals surface area contributed by atoms with Crippen molar-refractivity contribution in [1.29, 1.82) is 0 Å². The summed E-state index contributed by atoms with van der Waals surface area (Å²) in [5, 5.41) is -4.64. The lowest BCUT2D eigenvalue weighted by Gasteiger charge is -2.29. The first-order valence-electron chi connectivity index (χ1n) is 7.61. The quantitative estimate of drug-likeness (QED) is 0.354. The van der Waals surface area contributed by atoms with Gasteiger partial charge in [-0.25, -0.2) is 0 Å². The van der Waals surface area contributed by atoms with Crippen LogP contribution >= 0.6 is 43.6 Å². The molecule has 0 aliphatic rings. The lowest BCUT2D eigenvalue weighted by molar-refractivity contribution is -0.136. The summed E-state index contributed by atoms with van der Waals surface area (Å²) in [6.45, 7) is 2.90. The zero-order chi connectivity index (χ0) is 20.6. The summed E-state index contributed by atoms with van der Waals surface area (Å²) in [7, 11) is 0. The maximum Gasteiger partial charge on any atom is 0.404 e. The summed E-state index contributed by atoms with van der Waals surface area (Å²) < 4.78 is 83.2. The van der Waals surface area contributed by atoms with Crippen molar-refractivity contribution in [3.05, 3.63) is 67.6 Å². The molecule has 27 heavy (non-hydrogen) atoms. The number of thioether (sulfide) groups is 1. The molecule has 0 amide bonds. The van der Waals surface area contributed by atoms with Crippen LogP contribution in [0.5, 0.6) is 0 Å². The molecule has 0 heterocycles. The van der Waals surface area contributed by atoms with Gasteiger partial charge in [0.25, 0.3) is 0 Å². The Kier molecular flexibility index (Phi) is 7.01. The first kappa shape index (κ1) is 22.6. The van der Waals surface area contributed by atoms with Gasteiger partial charge in [-0.2, -0.15) is 26.3 Å². The summed E-state index contributed by atoms with van der Waals surface area (Å²) in [5.41, 5.74) is 0.173. The molecule has 0 aliphatic carbocycles.